The lowest BCUT2D eigenvalue weighted by Crippen LogP contribution is -2.21. The van der Waals surface area contributed by atoms with E-state index >= 15 is 0 Å². The molecule has 0 spiro atoms. The summed E-state index contributed by atoms with van der Waals surface area (Å²) in [5.41, 5.74) is 4.10. The van der Waals surface area contributed by atoms with Crippen LogP contribution in [0.25, 0.3) is 0 Å². The molecule has 0 radical (unpaired) electrons. The minimum atomic E-state index is -0.309. The van der Waals surface area contributed by atoms with Gasteiger partial charge < -0.3 is 14.8 Å². The minimum Gasteiger partial charge on any atom is -0.496 e. The molecule has 2 aliphatic heterocycles. The SMILES string of the molecule is COC(=O)c1ccc(OC)c(CC2CCN(Cc3cc4n(n3)CCCNC4)C2)c1.Cl.Cl. The monoisotopic (exact) mass is 470 g/mol. The van der Waals surface area contributed by atoms with Crippen LogP contribution in [-0.2, 0) is 30.8 Å². The summed E-state index contributed by atoms with van der Waals surface area (Å²) in [4.78, 5) is 14.4. The fourth-order valence-electron chi connectivity index (χ4n) is 4.44. The zero-order valence-electron chi connectivity index (χ0n) is 18.1. The molecule has 31 heavy (non-hydrogen) atoms. The second-order valence-corrected chi connectivity index (χ2v) is 7.99. The van der Waals surface area contributed by atoms with Crippen molar-refractivity contribution in [3.05, 3.63) is 46.8 Å². The number of rotatable bonds is 6. The van der Waals surface area contributed by atoms with Crippen molar-refractivity contribution in [1.29, 1.82) is 0 Å². The van der Waals surface area contributed by atoms with Crippen LogP contribution in [0.15, 0.2) is 24.3 Å². The second kappa shape index (κ2) is 11.7. The van der Waals surface area contributed by atoms with Gasteiger partial charge in [0.1, 0.15) is 5.75 Å². The van der Waals surface area contributed by atoms with Gasteiger partial charge in [0.05, 0.1) is 31.2 Å². The van der Waals surface area contributed by atoms with Gasteiger partial charge in [0, 0.05) is 26.2 Å². The molecule has 7 nitrogen and oxygen atoms in total. The average molecular weight is 471 g/mol. The molecule has 2 aromatic rings. The first kappa shape index (κ1) is 25.5. The van der Waals surface area contributed by atoms with E-state index in [4.69, 9.17) is 14.6 Å². The van der Waals surface area contributed by atoms with Gasteiger partial charge in [0.2, 0.25) is 0 Å². The van der Waals surface area contributed by atoms with E-state index in [0.717, 1.165) is 75.5 Å². The Morgan fingerprint density at radius 1 is 1.23 bits per heavy atom. The van der Waals surface area contributed by atoms with Crippen LogP contribution in [0.2, 0.25) is 0 Å². The van der Waals surface area contributed by atoms with E-state index in [1.165, 1.54) is 12.8 Å². The quantitative estimate of drug-likeness (QED) is 0.654. The average Bonchev–Trinajstić information content (AvgIpc) is 3.27. The van der Waals surface area contributed by atoms with E-state index in [2.05, 4.69) is 21.0 Å². The van der Waals surface area contributed by atoms with Crippen LogP contribution < -0.4 is 10.1 Å². The highest BCUT2D eigenvalue weighted by atomic mass is 35.5. The van der Waals surface area contributed by atoms with Crippen LogP contribution in [0, 0.1) is 5.92 Å². The van der Waals surface area contributed by atoms with Crippen LogP contribution >= 0.6 is 24.8 Å². The molecule has 1 aromatic heterocycles. The van der Waals surface area contributed by atoms with Gasteiger partial charge in [-0.3, -0.25) is 9.58 Å². The maximum absolute atomic E-state index is 11.9. The zero-order chi connectivity index (χ0) is 20.2. The number of hydrogen-bond acceptors (Lipinski definition) is 6. The number of methoxy groups -OCH3 is 2. The summed E-state index contributed by atoms with van der Waals surface area (Å²) in [5.74, 6) is 1.07. The first-order valence-corrected chi connectivity index (χ1v) is 10.4. The molecule has 4 rings (SSSR count). The molecule has 1 N–H and O–H groups in total. The number of ether oxygens (including phenoxy) is 2. The molecule has 1 saturated heterocycles. The van der Waals surface area contributed by atoms with Gasteiger partial charge in [0.25, 0.3) is 0 Å². The summed E-state index contributed by atoms with van der Waals surface area (Å²) in [6.45, 7) is 5.98. The van der Waals surface area contributed by atoms with E-state index in [1.54, 1.807) is 13.2 Å². The Bertz CT molecular complexity index is 851. The van der Waals surface area contributed by atoms with Gasteiger partial charge in [-0.25, -0.2) is 4.79 Å². The van der Waals surface area contributed by atoms with Crippen molar-refractivity contribution in [1.82, 2.24) is 20.0 Å². The molecule has 1 fully saturated rings. The van der Waals surface area contributed by atoms with Gasteiger partial charge in [-0.2, -0.15) is 5.10 Å². The molecule has 0 bridgehead atoms. The van der Waals surface area contributed by atoms with Crippen molar-refractivity contribution >= 4 is 30.8 Å². The van der Waals surface area contributed by atoms with Gasteiger partial charge in [-0.05, 0) is 68.1 Å². The second-order valence-electron chi connectivity index (χ2n) is 7.99. The molecule has 0 aliphatic carbocycles. The van der Waals surface area contributed by atoms with Gasteiger partial charge in [0.15, 0.2) is 0 Å². The summed E-state index contributed by atoms with van der Waals surface area (Å²) >= 11 is 0. The third-order valence-corrected chi connectivity index (χ3v) is 5.91. The van der Waals surface area contributed by atoms with Crippen molar-refractivity contribution < 1.29 is 14.3 Å². The summed E-state index contributed by atoms with van der Waals surface area (Å²) in [6.07, 6.45) is 3.17. The number of hydrogen-bond donors (Lipinski definition) is 1. The van der Waals surface area contributed by atoms with Gasteiger partial charge in [-0.15, -0.1) is 24.8 Å². The van der Waals surface area contributed by atoms with Crippen molar-refractivity contribution in [3.8, 4) is 5.75 Å². The van der Waals surface area contributed by atoms with E-state index in [9.17, 15) is 4.79 Å². The van der Waals surface area contributed by atoms with Crippen molar-refractivity contribution in [2.24, 2.45) is 5.92 Å². The van der Waals surface area contributed by atoms with Crippen LogP contribution in [0.5, 0.6) is 5.75 Å². The van der Waals surface area contributed by atoms with Crippen molar-refractivity contribution in [2.75, 3.05) is 33.9 Å². The molecule has 0 saturated carbocycles. The van der Waals surface area contributed by atoms with Crippen LogP contribution in [0.1, 0.15) is 40.2 Å². The smallest absolute Gasteiger partial charge is 0.337 e. The maximum atomic E-state index is 11.9. The predicted octanol–water partition coefficient (Wildman–Crippen LogP) is 3.08. The number of nitrogens with one attached hydrogen (secondary N) is 1. The Balaban J connectivity index is 0.00000171. The summed E-state index contributed by atoms with van der Waals surface area (Å²) in [7, 11) is 3.09. The summed E-state index contributed by atoms with van der Waals surface area (Å²) in [6, 6.07) is 7.77. The Kier molecular flexibility index (Phi) is 9.62. The summed E-state index contributed by atoms with van der Waals surface area (Å²) < 4.78 is 12.5. The molecule has 9 heteroatoms. The van der Waals surface area contributed by atoms with Gasteiger partial charge in [-0.1, -0.05) is 0 Å². The molecule has 2 aliphatic rings. The van der Waals surface area contributed by atoms with Gasteiger partial charge >= 0.3 is 5.97 Å². The molecule has 1 atom stereocenters. The number of esters is 1. The number of likely N-dealkylation sites (tertiary alicyclic amines) is 1. The third-order valence-electron chi connectivity index (χ3n) is 5.91. The van der Waals surface area contributed by atoms with Crippen molar-refractivity contribution in [3.63, 3.8) is 0 Å². The normalized spacial score (nSPS) is 18.3. The Labute approximate surface area is 196 Å². The predicted molar refractivity (Wildman–Crippen MR) is 124 cm³/mol. The highest BCUT2D eigenvalue weighted by molar-refractivity contribution is 5.89. The molecule has 1 aromatic carbocycles. The highest BCUT2D eigenvalue weighted by Crippen LogP contribution is 2.28. The number of carbonyl (C=O) groups excluding carboxylic acids is 1. The lowest BCUT2D eigenvalue weighted by Gasteiger charge is -2.16. The van der Waals surface area contributed by atoms with E-state index in [0.29, 0.717) is 11.5 Å². The van der Waals surface area contributed by atoms with Crippen LogP contribution in [0.4, 0.5) is 0 Å². The third kappa shape index (κ3) is 6.13. The minimum absolute atomic E-state index is 0. The Morgan fingerprint density at radius 2 is 2.06 bits per heavy atom. The lowest BCUT2D eigenvalue weighted by molar-refractivity contribution is 0.0600. The van der Waals surface area contributed by atoms with Crippen LogP contribution in [0.3, 0.4) is 0 Å². The number of nitrogens with zero attached hydrogens (tertiary/aromatic N) is 3. The standard InChI is InChI=1S/C22H30N4O3.2ClH/c1-28-21-5-4-17(22(27)29-2)11-18(21)10-16-6-9-25(14-16)15-19-12-20-13-23-7-3-8-26(20)24-19;;/h4-5,11-12,16,23H,3,6-10,13-15H2,1-2H3;2*1H. The molecular weight excluding hydrogens is 439 g/mol. The number of aromatic nitrogens is 2. The van der Waals surface area contributed by atoms with E-state index < -0.39 is 0 Å². The fraction of sp³-hybridized carbons (Fsp3) is 0.545. The lowest BCUT2D eigenvalue weighted by atomic mass is 9.96. The maximum Gasteiger partial charge on any atom is 0.337 e. The Morgan fingerprint density at radius 3 is 2.84 bits per heavy atom. The molecule has 1 unspecified atom stereocenters. The molecule has 3 heterocycles. The number of fused-ring (bicyclic) bond motifs is 1. The van der Waals surface area contributed by atoms with E-state index in [-0.39, 0.29) is 30.8 Å². The highest BCUT2D eigenvalue weighted by Gasteiger charge is 2.25. The molecule has 172 valence electrons. The first-order chi connectivity index (χ1) is 14.2. The number of benzene rings is 1. The molecule has 0 amide bonds. The van der Waals surface area contributed by atoms with E-state index in [1.807, 2.05) is 12.1 Å². The largest absolute Gasteiger partial charge is 0.496 e. The number of aryl methyl sites for hydroxylation is 1. The fourth-order valence-corrected chi connectivity index (χ4v) is 4.44. The Hall–Kier alpha value is -1.80. The molecular formula is C22H32Cl2N4O3. The first-order valence-electron chi connectivity index (χ1n) is 10.4. The zero-order valence-corrected chi connectivity index (χ0v) is 19.8. The number of halogens is 2. The number of carbonyl (C=O) groups is 1. The van der Waals surface area contributed by atoms with Crippen LogP contribution in [-0.4, -0.2) is 54.5 Å². The van der Waals surface area contributed by atoms with Crippen molar-refractivity contribution in [2.45, 2.75) is 38.9 Å². The summed E-state index contributed by atoms with van der Waals surface area (Å²) in [5, 5.41) is 8.27. The topological polar surface area (TPSA) is 68.6 Å².